The number of aromatic nitrogens is 1. The highest BCUT2D eigenvalue weighted by Crippen LogP contribution is 2.13. The van der Waals surface area contributed by atoms with Crippen LogP contribution in [-0.2, 0) is 11.3 Å². The van der Waals surface area contributed by atoms with E-state index in [9.17, 15) is 4.79 Å². The highest BCUT2D eigenvalue weighted by Gasteiger charge is 2.19. The van der Waals surface area contributed by atoms with E-state index in [1.54, 1.807) is 11.1 Å². The first-order valence-corrected chi connectivity index (χ1v) is 4.66. The number of rotatable bonds is 3. The molecule has 0 aliphatic heterocycles. The monoisotopic (exact) mass is 192 g/mol. The predicted octanol–water partition coefficient (Wildman–Crippen LogP) is 1.84. The first-order chi connectivity index (χ1) is 6.54. The van der Waals surface area contributed by atoms with Crippen LogP contribution in [0.15, 0.2) is 24.4 Å². The fraction of sp³-hybridized carbons (Fsp3) is 0.455. The number of pyridine rings is 1. The lowest BCUT2D eigenvalue weighted by Crippen LogP contribution is -2.39. The van der Waals surface area contributed by atoms with Crippen molar-refractivity contribution in [2.75, 3.05) is 0 Å². The number of hydrogen-bond donors (Lipinski definition) is 0. The fourth-order valence-electron chi connectivity index (χ4n) is 1.10. The second kappa shape index (κ2) is 4.22. The van der Waals surface area contributed by atoms with Gasteiger partial charge in [0.25, 0.3) is 0 Å². The van der Waals surface area contributed by atoms with E-state index in [1.165, 1.54) is 0 Å². The summed E-state index contributed by atoms with van der Waals surface area (Å²) in [5.74, 6) is 0. The van der Waals surface area contributed by atoms with Crippen LogP contribution in [0.2, 0.25) is 0 Å². The zero-order valence-corrected chi connectivity index (χ0v) is 8.90. The second-order valence-corrected chi connectivity index (χ2v) is 4.23. The van der Waals surface area contributed by atoms with Crippen molar-refractivity contribution >= 4 is 6.41 Å². The van der Waals surface area contributed by atoms with Gasteiger partial charge in [0.15, 0.2) is 0 Å². The van der Waals surface area contributed by atoms with Crippen LogP contribution in [0.1, 0.15) is 26.5 Å². The first-order valence-electron chi connectivity index (χ1n) is 4.66. The molecule has 3 nitrogen and oxygen atoms in total. The lowest BCUT2D eigenvalue weighted by Gasteiger charge is -2.31. The molecule has 0 bridgehead atoms. The number of hydrogen-bond acceptors (Lipinski definition) is 2. The van der Waals surface area contributed by atoms with Gasteiger partial charge < -0.3 is 4.90 Å². The van der Waals surface area contributed by atoms with E-state index in [0.29, 0.717) is 6.54 Å². The van der Waals surface area contributed by atoms with Crippen molar-refractivity contribution in [1.29, 1.82) is 0 Å². The Bertz CT molecular complexity index is 290. The summed E-state index contributed by atoms with van der Waals surface area (Å²) >= 11 is 0. The highest BCUT2D eigenvalue weighted by atomic mass is 16.1. The van der Waals surface area contributed by atoms with Crippen LogP contribution in [0.5, 0.6) is 0 Å². The standard InChI is InChI=1S/C11H16N2O/c1-11(2,3)13(9-14)8-10-6-4-5-7-12-10/h4-7,9H,8H2,1-3H3. The molecule has 1 rings (SSSR count). The summed E-state index contributed by atoms with van der Waals surface area (Å²) in [4.78, 5) is 16.8. The Morgan fingerprint density at radius 3 is 2.57 bits per heavy atom. The fourth-order valence-corrected chi connectivity index (χ4v) is 1.10. The molecular weight excluding hydrogens is 176 g/mol. The molecule has 0 aromatic carbocycles. The maximum atomic E-state index is 10.9. The van der Waals surface area contributed by atoms with Gasteiger partial charge in [-0.2, -0.15) is 0 Å². The van der Waals surface area contributed by atoms with Gasteiger partial charge in [0.1, 0.15) is 0 Å². The summed E-state index contributed by atoms with van der Waals surface area (Å²) in [5.41, 5.74) is 0.758. The predicted molar refractivity (Wildman–Crippen MR) is 55.6 cm³/mol. The average molecular weight is 192 g/mol. The van der Waals surface area contributed by atoms with Gasteiger partial charge in [-0.15, -0.1) is 0 Å². The lowest BCUT2D eigenvalue weighted by molar-refractivity contribution is -0.123. The van der Waals surface area contributed by atoms with Gasteiger partial charge in [0.05, 0.1) is 12.2 Å². The molecule has 14 heavy (non-hydrogen) atoms. The van der Waals surface area contributed by atoms with Crippen LogP contribution in [0.4, 0.5) is 0 Å². The summed E-state index contributed by atoms with van der Waals surface area (Å²) in [7, 11) is 0. The lowest BCUT2D eigenvalue weighted by atomic mass is 10.1. The molecule has 0 N–H and O–H groups in total. The number of carbonyl (C=O) groups is 1. The topological polar surface area (TPSA) is 33.2 Å². The minimum Gasteiger partial charge on any atom is -0.335 e. The van der Waals surface area contributed by atoms with E-state index in [0.717, 1.165) is 12.1 Å². The van der Waals surface area contributed by atoms with E-state index in [1.807, 2.05) is 39.0 Å². The van der Waals surface area contributed by atoms with E-state index in [4.69, 9.17) is 0 Å². The van der Waals surface area contributed by atoms with Crippen LogP contribution < -0.4 is 0 Å². The van der Waals surface area contributed by atoms with Gasteiger partial charge in [0, 0.05) is 11.7 Å². The molecular formula is C11H16N2O. The van der Waals surface area contributed by atoms with Gasteiger partial charge in [-0.05, 0) is 32.9 Å². The summed E-state index contributed by atoms with van der Waals surface area (Å²) in [6, 6.07) is 5.71. The van der Waals surface area contributed by atoms with Gasteiger partial charge >= 0.3 is 0 Å². The first kappa shape index (κ1) is 10.7. The van der Waals surface area contributed by atoms with Crippen molar-refractivity contribution in [2.24, 2.45) is 0 Å². The van der Waals surface area contributed by atoms with Crippen LogP contribution in [-0.4, -0.2) is 21.8 Å². The number of nitrogens with zero attached hydrogens (tertiary/aromatic N) is 2. The Labute approximate surface area is 84.8 Å². The van der Waals surface area contributed by atoms with Crippen molar-refractivity contribution in [2.45, 2.75) is 32.9 Å². The van der Waals surface area contributed by atoms with Crippen LogP contribution >= 0.6 is 0 Å². The molecule has 0 radical (unpaired) electrons. The van der Waals surface area contributed by atoms with Gasteiger partial charge in [-0.25, -0.2) is 0 Å². The third-order valence-corrected chi connectivity index (χ3v) is 2.05. The quantitative estimate of drug-likeness (QED) is 0.685. The largest absolute Gasteiger partial charge is 0.335 e. The molecule has 0 fully saturated rings. The molecule has 0 aliphatic carbocycles. The number of carbonyl (C=O) groups excluding carboxylic acids is 1. The Balaban J connectivity index is 2.72. The summed E-state index contributed by atoms with van der Waals surface area (Å²) in [5, 5.41) is 0. The Kier molecular flexibility index (Phi) is 3.23. The minimum atomic E-state index is -0.154. The molecule has 0 aliphatic rings. The van der Waals surface area contributed by atoms with Gasteiger partial charge in [0.2, 0.25) is 6.41 Å². The van der Waals surface area contributed by atoms with Gasteiger partial charge in [-0.3, -0.25) is 9.78 Å². The molecule has 0 spiro atoms. The third-order valence-electron chi connectivity index (χ3n) is 2.05. The highest BCUT2D eigenvalue weighted by molar-refractivity contribution is 5.48. The van der Waals surface area contributed by atoms with Crippen LogP contribution in [0.25, 0.3) is 0 Å². The molecule has 3 heteroatoms. The molecule has 0 atom stereocenters. The third kappa shape index (κ3) is 2.83. The van der Waals surface area contributed by atoms with Crippen molar-refractivity contribution < 1.29 is 4.79 Å². The molecule has 1 aromatic rings. The minimum absolute atomic E-state index is 0.154. The molecule has 0 saturated carbocycles. The summed E-state index contributed by atoms with van der Waals surface area (Å²) in [6.45, 7) is 6.58. The molecule has 1 amide bonds. The van der Waals surface area contributed by atoms with Crippen molar-refractivity contribution in [3.05, 3.63) is 30.1 Å². The van der Waals surface area contributed by atoms with Crippen molar-refractivity contribution in [1.82, 2.24) is 9.88 Å². The molecule has 76 valence electrons. The maximum absolute atomic E-state index is 10.9. The van der Waals surface area contributed by atoms with Crippen LogP contribution in [0, 0.1) is 0 Å². The van der Waals surface area contributed by atoms with E-state index < -0.39 is 0 Å². The molecule has 0 unspecified atom stereocenters. The Morgan fingerprint density at radius 2 is 2.14 bits per heavy atom. The molecule has 0 saturated heterocycles. The van der Waals surface area contributed by atoms with E-state index in [2.05, 4.69) is 4.98 Å². The van der Waals surface area contributed by atoms with Crippen molar-refractivity contribution in [3.8, 4) is 0 Å². The maximum Gasteiger partial charge on any atom is 0.210 e. The Hall–Kier alpha value is -1.38. The second-order valence-electron chi connectivity index (χ2n) is 4.23. The van der Waals surface area contributed by atoms with Gasteiger partial charge in [-0.1, -0.05) is 6.07 Å². The number of amides is 1. The van der Waals surface area contributed by atoms with E-state index >= 15 is 0 Å². The smallest absolute Gasteiger partial charge is 0.210 e. The van der Waals surface area contributed by atoms with E-state index in [-0.39, 0.29) is 5.54 Å². The summed E-state index contributed by atoms with van der Waals surface area (Å²) in [6.07, 6.45) is 2.61. The van der Waals surface area contributed by atoms with Crippen molar-refractivity contribution in [3.63, 3.8) is 0 Å². The van der Waals surface area contributed by atoms with Crippen LogP contribution in [0.3, 0.4) is 0 Å². The summed E-state index contributed by atoms with van der Waals surface area (Å²) < 4.78 is 0. The average Bonchev–Trinajstić information content (AvgIpc) is 2.14. The normalized spacial score (nSPS) is 11.1. The zero-order chi connectivity index (χ0) is 10.6. The Morgan fingerprint density at radius 1 is 1.43 bits per heavy atom. The molecule has 1 heterocycles. The molecule has 1 aromatic heterocycles. The zero-order valence-electron chi connectivity index (χ0n) is 8.90. The SMILES string of the molecule is CC(C)(C)N(C=O)Cc1ccccn1.